The minimum Gasteiger partial charge on any atom is -0.506 e. The summed E-state index contributed by atoms with van der Waals surface area (Å²) >= 11 is 0. The molecule has 0 radical (unpaired) electrons. The van der Waals surface area contributed by atoms with Crippen LogP contribution in [0.25, 0.3) is 10.9 Å². The van der Waals surface area contributed by atoms with Gasteiger partial charge in [0.1, 0.15) is 11.5 Å². The monoisotopic (exact) mass is 231 g/mol. The fraction of sp³-hybridized carbons (Fsp3) is 0.357. The molecule has 0 unspecified atom stereocenters. The van der Waals surface area contributed by atoms with Gasteiger partial charge in [-0.2, -0.15) is 0 Å². The van der Waals surface area contributed by atoms with Crippen LogP contribution >= 0.6 is 0 Å². The van der Waals surface area contributed by atoms with Gasteiger partial charge in [-0.05, 0) is 18.2 Å². The predicted octanol–water partition coefficient (Wildman–Crippen LogP) is 3.25. The molecule has 0 aliphatic carbocycles. The van der Waals surface area contributed by atoms with Gasteiger partial charge in [0.2, 0.25) is 0 Å². The zero-order valence-corrected chi connectivity index (χ0v) is 10.6. The van der Waals surface area contributed by atoms with Crippen molar-refractivity contribution in [3.05, 3.63) is 30.0 Å². The van der Waals surface area contributed by atoms with Crippen LogP contribution < -0.4 is 4.74 Å². The van der Waals surface area contributed by atoms with Crippen LogP contribution in [-0.4, -0.2) is 17.2 Å². The van der Waals surface area contributed by atoms with Crippen molar-refractivity contribution in [2.24, 2.45) is 0 Å². The average molecular weight is 231 g/mol. The van der Waals surface area contributed by atoms with Crippen LogP contribution in [-0.2, 0) is 5.41 Å². The fourth-order valence-electron chi connectivity index (χ4n) is 1.81. The molecule has 2 rings (SSSR count). The number of pyridine rings is 1. The molecular formula is C14H17NO2. The second kappa shape index (κ2) is 3.91. The van der Waals surface area contributed by atoms with Crippen LogP contribution in [0.4, 0.5) is 0 Å². The summed E-state index contributed by atoms with van der Waals surface area (Å²) < 4.78 is 5.18. The Bertz CT molecular complexity index is 556. The smallest absolute Gasteiger partial charge is 0.138 e. The quantitative estimate of drug-likeness (QED) is 0.819. The maximum atomic E-state index is 9.98. The van der Waals surface area contributed by atoms with Crippen LogP contribution in [0.1, 0.15) is 26.5 Å². The van der Waals surface area contributed by atoms with Gasteiger partial charge in [0.15, 0.2) is 0 Å². The van der Waals surface area contributed by atoms with Crippen LogP contribution in [0.5, 0.6) is 11.5 Å². The predicted molar refractivity (Wildman–Crippen MR) is 68.7 cm³/mol. The van der Waals surface area contributed by atoms with E-state index in [0.717, 1.165) is 16.7 Å². The number of nitrogens with zero attached hydrogens (tertiary/aromatic N) is 1. The maximum absolute atomic E-state index is 9.98. The van der Waals surface area contributed by atoms with Gasteiger partial charge in [0.25, 0.3) is 0 Å². The maximum Gasteiger partial charge on any atom is 0.138 e. The number of benzene rings is 1. The van der Waals surface area contributed by atoms with E-state index in [1.807, 2.05) is 39.0 Å². The lowest BCUT2D eigenvalue weighted by Gasteiger charge is -2.19. The first-order valence-electron chi connectivity index (χ1n) is 5.60. The SMILES string of the molecule is COc1ccc2cc(O)c(C(C)(C)C)nc2c1. The van der Waals surface area contributed by atoms with Crippen LogP contribution in [0.3, 0.4) is 0 Å². The van der Waals surface area contributed by atoms with Crippen LogP contribution in [0.2, 0.25) is 0 Å². The standard InChI is InChI=1S/C14H17NO2/c1-14(2,3)13-12(16)7-9-5-6-10(17-4)8-11(9)15-13/h5-8,16H,1-4H3. The first-order valence-corrected chi connectivity index (χ1v) is 5.60. The molecule has 1 heterocycles. The Hall–Kier alpha value is -1.77. The minimum absolute atomic E-state index is 0.179. The first kappa shape index (κ1) is 11.7. The number of rotatable bonds is 1. The van der Waals surface area contributed by atoms with Crippen molar-refractivity contribution in [1.29, 1.82) is 0 Å². The zero-order chi connectivity index (χ0) is 12.6. The number of methoxy groups -OCH3 is 1. The number of aromatic nitrogens is 1. The van der Waals surface area contributed by atoms with Crippen LogP contribution in [0, 0.1) is 0 Å². The van der Waals surface area contributed by atoms with Gasteiger partial charge < -0.3 is 9.84 Å². The molecule has 1 N–H and O–H groups in total. The Morgan fingerprint density at radius 1 is 1.18 bits per heavy atom. The molecule has 1 aromatic carbocycles. The fourth-order valence-corrected chi connectivity index (χ4v) is 1.81. The van der Waals surface area contributed by atoms with Gasteiger partial charge in [-0.1, -0.05) is 20.8 Å². The normalized spacial score (nSPS) is 11.8. The summed E-state index contributed by atoms with van der Waals surface area (Å²) in [5.74, 6) is 1.02. The Kier molecular flexibility index (Phi) is 2.69. The molecule has 0 fully saturated rings. The highest BCUT2D eigenvalue weighted by atomic mass is 16.5. The molecule has 2 aromatic rings. The van der Waals surface area contributed by atoms with E-state index >= 15 is 0 Å². The van der Waals surface area contributed by atoms with Crippen molar-refractivity contribution in [2.45, 2.75) is 26.2 Å². The summed E-state index contributed by atoms with van der Waals surface area (Å²) in [7, 11) is 1.63. The molecule has 0 amide bonds. The van der Waals surface area contributed by atoms with Gasteiger partial charge in [-0.15, -0.1) is 0 Å². The topological polar surface area (TPSA) is 42.4 Å². The third kappa shape index (κ3) is 2.18. The molecule has 3 nitrogen and oxygen atoms in total. The third-order valence-corrected chi connectivity index (χ3v) is 2.72. The lowest BCUT2D eigenvalue weighted by atomic mass is 9.90. The second-order valence-corrected chi connectivity index (χ2v) is 5.16. The minimum atomic E-state index is -0.179. The largest absolute Gasteiger partial charge is 0.506 e. The van der Waals surface area contributed by atoms with E-state index in [1.165, 1.54) is 0 Å². The number of hydrogen-bond donors (Lipinski definition) is 1. The van der Waals surface area contributed by atoms with E-state index in [4.69, 9.17) is 4.74 Å². The Morgan fingerprint density at radius 2 is 1.88 bits per heavy atom. The highest BCUT2D eigenvalue weighted by Crippen LogP contribution is 2.32. The second-order valence-electron chi connectivity index (χ2n) is 5.16. The molecule has 1 aromatic heterocycles. The summed E-state index contributed by atoms with van der Waals surface area (Å²) in [6.07, 6.45) is 0. The van der Waals surface area contributed by atoms with E-state index in [0.29, 0.717) is 5.69 Å². The molecule has 17 heavy (non-hydrogen) atoms. The lowest BCUT2D eigenvalue weighted by Crippen LogP contribution is -2.13. The summed E-state index contributed by atoms with van der Waals surface area (Å²) in [5.41, 5.74) is 1.37. The van der Waals surface area contributed by atoms with E-state index in [9.17, 15) is 5.11 Å². The molecular weight excluding hydrogens is 214 g/mol. The number of hydrogen-bond acceptors (Lipinski definition) is 3. The van der Waals surface area contributed by atoms with Crippen LogP contribution in [0.15, 0.2) is 24.3 Å². The summed E-state index contributed by atoms with van der Waals surface area (Å²) in [4.78, 5) is 4.52. The summed E-state index contributed by atoms with van der Waals surface area (Å²) in [6, 6.07) is 7.39. The van der Waals surface area contributed by atoms with E-state index in [2.05, 4.69) is 4.98 Å². The van der Waals surface area contributed by atoms with Crippen molar-refractivity contribution in [2.75, 3.05) is 7.11 Å². The van der Waals surface area contributed by atoms with Crippen molar-refractivity contribution in [3.8, 4) is 11.5 Å². The molecule has 0 bridgehead atoms. The molecule has 90 valence electrons. The van der Waals surface area contributed by atoms with E-state index < -0.39 is 0 Å². The average Bonchev–Trinajstić information content (AvgIpc) is 2.26. The van der Waals surface area contributed by atoms with Gasteiger partial charge in [-0.3, -0.25) is 0 Å². The molecule has 0 atom stereocenters. The van der Waals surface area contributed by atoms with Crippen molar-refractivity contribution in [3.63, 3.8) is 0 Å². The molecule has 3 heteroatoms. The van der Waals surface area contributed by atoms with Crippen molar-refractivity contribution >= 4 is 10.9 Å². The summed E-state index contributed by atoms with van der Waals surface area (Å²) in [5, 5.41) is 10.9. The Labute approximate surface area is 101 Å². The van der Waals surface area contributed by atoms with E-state index in [1.54, 1.807) is 13.2 Å². The first-order chi connectivity index (χ1) is 7.91. The van der Waals surface area contributed by atoms with Gasteiger partial charge >= 0.3 is 0 Å². The van der Waals surface area contributed by atoms with Gasteiger partial charge in [0.05, 0.1) is 18.3 Å². The zero-order valence-electron chi connectivity index (χ0n) is 10.6. The van der Waals surface area contributed by atoms with Crippen molar-refractivity contribution < 1.29 is 9.84 Å². The lowest BCUT2D eigenvalue weighted by molar-refractivity contribution is 0.415. The Morgan fingerprint density at radius 3 is 2.47 bits per heavy atom. The number of fused-ring (bicyclic) bond motifs is 1. The third-order valence-electron chi connectivity index (χ3n) is 2.72. The summed E-state index contributed by atoms with van der Waals surface area (Å²) in [6.45, 7) is 6.09. The molecule has 0 aliphatic heterocycles. The molecule has 0 aliphatic rings. The van der Waals surface area contributed by atoms with E-state index in [-0.39, 0.29) is 11.2 Å². The van der Waals surface area contributed by atoms with Gasteiger partial charge in [0, 0.05) is 16.9 Å². The molecule has 0 saturated heterocycles. The molecule has 0 saturated carbocycles. The molecule has 0 spiro atoms. The van der Waals surface area contributed by atoms with Gasteiger partial charge in [-0.25, -0.2) is 4.98 Å². The number of ether oxygens (including phenoxy) is 1. The highest BCUT2D eigenvalue weighted by Gasteiger charge is 2.20. The van der Waals surface area contributed by atoms with Crippen molar-refractivity contribution in [1.82, 2.24) is 4.98 Å². The Balaban J connectivity index is 2.69. The highest BCUT2D eigenvalue weighted by molar-refractivity contribution is 5.82. The number of aromatic hydroxyl groups is 1.